The summed E-state index contributed by atoms with van der Waals surface area (Å²) in [4.78, 5) is 2.54. The minimum Gasteiger partial charge on any atom is -0.493 e. The normalized spacial score (nSPS) is 30.3. The summed E-state index contributed by atoms with van der Waals surface area (Å²) in [7, 11) is 5.79. The number of likely N-dealkylation sites (tertiary alicyclic amines) is 1. The van der Waals surface area contributed by atoms with Crippen molar-refractivity contribution in [2.45, 2.75) is 49.5 Å². The van der Waals surface area contributed by atoms with Crippen molar-refractivity contribution in [3.8, 4) is 11.5 Å². The fourth-order valence-corrected chi connectivity index (χ4v) is 4.69. The zero-order chi connectivity index (χ0) is 16.0. The van der Waals surface area contributed by atoms with Crippen LogP contribution >= 0.6 is 0 Å². The van der Waals surface area contributed by atoms with E-state index in [0.717, 1.165) is 11.5 Å². The average Bonchev–Trinajstić information content (AvgIpc) is 3.38. The summed E-state index contributed by atoms with van der Waals surface area (Å²) in [5.41, 5.74) is 2.92. The van der Waals surface area contributed by atoms with E-state index in [2.05, 4.69) is 36.2 Å². The van der Waals surface area contributed by atoms with Crippen molar-refractivity contribution in [2.75, 3.05) is 27.8 Å². The molecule has 23 heavy (non-hydrogen) atoms. The fraction of sp³-hybridized carbons (Fsp3) is 0.600. The van der Waals surface area contributed by atoms with Crippen molar-refractivity contribution in [1.29, 1.82) is 0 Å². The number of allylic oxidation sites excluding steroid dienone is 1. The Labute approximate surface area is 139 Å². The van der Waals surface area contributed by atoms with Gasteiger partial charge in [-0.1, -0.05) is 18.2 Å². The summed E-state index contributed by atoms with van der Waals surface area (Å²) in [6.45, 7) is 1.17. The van der Waals surface area contributed by atoms with Crippen molar-refractivity contribution < 1.29 is 9.47 Å². The Morgan fingerprint density at radius 3 is 2.65 bits per heavy atom. The molecule has 124 valence electrons. The maximum Gasteiger partial charge on any atom is 0.164 e. The molecule has 1 aliphatic heterocycles. The molecule has 0 radical (unpaired) electrons. The van der Waals surface area contributed by atoms with E-state index in [9.17, 15) is 0 Å². The molecule has 4 rings (SSSR count). The highest BCUT2D eigenvalue weighted by molar-refractivity contribution is 5.55. The zero-order valence-corrected chi connectivity index (χ0v) is 14.5. The molecular formula is C20H27NO2. The SMILES string of the molecule is COc1cc([C@@]23C=CCC[C@@H]2N(C)CC3)cc(C2CC2)c1OC. The lowest BCUT2D eigenvalue weighted by Gasteiger charge is -2.38. The Kier molecular flexibility index (Phi) is 3.64. The Morgan fingerprint density at radius 1 is 1.13 bits per heavy atom. The topological polar surface area (TPSA) is 21.7 Å². The summed E-state index contributed by atoms with van der Waals surface area (Å²) in [5.74, 6) is 2.49. The van der Waals surface area contributed by atoms with Gasteiger partial charge < -0.3 is 14.4 Å². The first-order chi connectivity index (χ1) is 11.2. The molecular weight excluding hydrogens is 286 g/mol. The summed E-state index contributed by atoms with van der Waals surface area (Å²) in [5, 5.41) is 0. The van der Waals surface area contributed by atoms with E-state index in [4.69, 9.17) is 9.47 Å². The minimum absolute atomic E-state index is 0.149. The molecule has 2 atom stereocenters. The van der Waals surface area contributed by atoms with E-state index in [0.29, 0.717) is 12.0 Å². The highest BCUT2D eigenvalue weighted by atomic mass is 16.5. The van der Waals surface area contributed by atoms with Gasteiger partial charge in [0, 0.05) is 17.0 Å². The molecule has 2 fully saturated rings. The average molecular weight is 313 g/mol. The van der Waals surface area contributed by atoms with Gasteiger partial charge >= 0.3 is 0 Å². The van der Waals surface area contributed by atoms with Crippen LogP contribution in [0.15, 0.2) is 24.3 Å². The predicted molar refractivity (Wildman–Crippen MR) is 92.6 cm³/mol. The standard InChI is InChI=1S/C20H27NO2/c1-21-11-10-20(9-5-4-6-18(20)21)15-12-16(14-7-8-14)19(23-3)17(13-15)22-2/h5,9,12-14,18H,4,6-8,10-11H2,1-3H3/t18-,20-/m0/s1. The lowest BCUT2D eigenvalue weighted by Crippen LogP contribution is -2.41. The molecule has 1 heterocycles. The maximum atomic E-state index is 5.70. The molecule has 3 heteroatoms. The van der Waals surface area contributed by atoms with Crippen LogP contribution in [0.3, 0.4) is 0 Å². The number of hydrogen-bond donors (Lipinski definition) is 0. The molecule has 3 nitrogen and oxygen atoms in total. The zero-order valence-electron chi connectivity index (χ0n) is 14.5. The molecule has 1 saturated heterocycles. The van der Waals surface area contributed by atoms with E-state index in [1.807, 2.05) is 0 Å². The first-order valence-corrected chi connectivity index (χ1v) is 8.84. The number of ether oxygens (including phenoxy) is 2. The molecule has 0 spiro atoms. The first kappa shape index (κ1) is 15.1. The van der Waals surface area contributed by atoms with Crippen molar-refractivity contribution in [3.05, 3.63) is 35.4 Å². The van der Waals surface area contributed by atoms with Crippen LogP contribution in [0, 0.1) is 0 Å². The number of fused-ring (bicyclic) bond motifs is 1. The van der Waals surface area contributed by atoms with E-state index in [1.54, 1.807) is 14.2 Å². The van der Waals surface area contributed by atoms with Crippen LogP contribution in [-0.2, 0) is 5.41 Å². The van der Waals surface area contributed by atoms with Crippen molar-refractivity contribution in [2.24, 2.45) is 0 Å². The van der Waals surface area contributed by atoms with Crippen LogP contribution in [-0.4, -0.2) is 38.8 Å². The van der Waals surface area contributed by atoms with Crippen LogP contribution in [0.5, 0.6) is 11.5 Å². The Morgan fingerprint density at radius 2 is 1.96 bits per heavy atom. The molecule has 0 unspecified atom stereocenters. The molecule has 1 aromatic carbocycles. The van der Waals surface area contributed by atoms with Gasteiger partial charge in [-0.3, -0.25) is 0 Å². The summed E-state index contributed by atoms with van der Waals surface area (Å²) in [6.07, 6.45) is 11.0. The molecule has 1 aromatic rings. The lowest BCUT2D eigenvalue weighted by molar-refractivity contribution is 0.248. The quantitative estimate of drug-likeness (QED) is 0.788. The third-order valence-electron chi connectivity index (χ3n) is 6.09. The molecule has 0 bridgehead atoms. The van der Waals surface area contributed by atoms with Gasteiger partial charge in [0.2, 0.25) is 0 Å². The molecule has 1 saturated carbocycles. The Bertz CT molecular complexity index is 635. The minimum atomic E-state index is 0.149. The second kappa shape index (κ2) is 5.55. The van der Waals surface area contributed by atoms with E-state index < -0.39 is 0 Å². The monoisotopic (exact) mass is 313 g/mol. The van der Waals surface area contributed by atoms with E-state index in [-0.39, 0.29) is 5.41 Å². The first-order valence-electron chi connectivity index (χ1n) is 8.84. The van der Waals surface area contributed by atoms with Crippen LogP contribution in [0.1, 0.15) is 49.1 Å². The molecule has 2 aliphatic carbocycles. The van der Waals surface area contributed by atoms with Crippen molar-refractivity contribution in [3.63, 3.8) is 0 Å². The van der Waals surface area contributed by atoms with Crippen molar-refractivity contribution in [1.82, 2.24) is 4.90 Å². The van der Waals surface area contributed by atoms with Gasteiger partial charge in [-0.2, -0.15) is 0 Å². The van der Waals surface area contributed by atoms with E-state index in [1.165, 1.54) is 49.8 Å². The number of rotatable bonds is 4. The fourth-order valence-electron chi connectivity index (χ4n) is 4.69. The third-order valence-corrected chi connectivity index (χ3v) is 6.09. The van der Waals surface area contributed by atoms with Gasteiger partial charge in [-0.25, -0.2) is 0 Å². The second-order valence-corrected chi connectivity index (χ2v) is 7.34. The van der Waals surface area contributed by atoms with Gasteiger partial charge in [0.05, 0.1) is 14.2 Å². The van der Waals surface area contributed by atoms with Crippen LogP contribution in [0.2, 0.25) is 0 Å². The van der Waals surface area contributed by atoms with Gasteiger partial charge in [-0.15, -0.1) is 0 Å². The predicted octanol–water partition coefficient (Wildman–Crippen LogP) is 3.87. The number of nitrogens with zero attached hydrogens (tertiary/aromatic N) is 1. The van der Waals surface area contributed by atoms with Gasteiger partial charge in [0.1, 0.15) is 0 Å². The highest BCUT2D eigenvalue weighted by Crippen LogP contribution is 2.52. The molecule has 0 aromatic heterocycles. The lowest BCUT2D eigenvalue weighted by atomic mass is 9.69. The Balaban J connectivity index is 1.86. The summed E-state index contributed by atoms with van der Waals surface area (Å²) >= 11 is 0. The van der Waals surface area contributed by atoms with Crippen LogP contribution in [0.25, 0.3) is 0 Å². The van der Waals surface area contributed by atoms with Crippen LogP contribution < -0.4 is 9.47 Å². The maximum absolute atomic E-state index is 5.70. The molecule has 3 aliphatic rings. The number of likely N-dealkylation sites (N-methyl/N-ethyl adjacent to an activating group) is 1. The Hall–Kier alpha value is -1.48. The van der Waals surface area contributed by atoms with Crippen molar-refractivity contribution >= 4 is 0 Å². The van der Waals surface area contributed by atoms with Gasteiger partial charge in [-0.05, 0) is 63.2 Å². The number of methoxy groups -OCH3 is 2. The summed E-state index contributed by atoms with van der Waals surface area (Å²) < 4.78 is 11.4. The largest absolute Gasteiger partial charge is 0.493 e. The third kappa shape index (κ3) is 2.28. The number of hydrogen-bond acceptors (Lipinski definition) is 3. The second-order valence-electron chi connectivity index (χ2n) is 7.34. The summed E-state index contributed by atoms with van der Waals surface area (Å²) in [6, 6.07) is 5.26. The van der Waals surface area contributed by atoms with Crippen LogP contribution in [0.4, 0.5) is 0 Å². The smallest absolute Gasteiger partial charge is 0.164 e. The highest BCUT2D eigenvalue weighted by Gasteiger charge is 2.47. The molecule has 0 N–H and O–H groups in total. The van der Waals surface area contributed by atoms with Gasteiger partial charge in [0.25, 0.3) is 0 Å². The number of benzene rings is 1. The molecule has 0 amide bonds. The van der Waals surface area contributed by atoms with Gasteiger partial charge in [0.15, 0.2) is 11.5 Å². The van der Waals surface area contributed by atoms with E-state index >= 15 is 0 Å².